The van der Waals surface area contributed by atoms with Gasteiger partial charge in [0, 0.05) is 38.3 Å². The Labute approximate surface area is 162 Å². The van der Waals surface area contributed by atoms with Crippen molar-refractivity contribution in [1.29, 1.82) is 0 Å². The summed E-state index contributed by atoms with van der Waals surface area (Å²) in [5, 5.41) is 0. The van der Waals surface area contributed by atoms with Crippen LogP contribution >= 0.6 is 0 Å². The molecule has 0 radical (unpaired) electrons. The first-order valence-corrected chi connectivity index (χ1v) is 11.6. The lowest BCUT2D eigenvalue weighted by atomic mass is 10.0. The predicted octanol–water partition coefficient (Wildman–Crippen LogP) is 2.23. The zero-order valence-electron chi connectivity index (χ0n) is 16.1. The van der Waals surface area contributed by atoms with Crippen LogP contribution in [0.2, 0.25) is 0 Å². The normalized spacial score (nSPS) is 22.8. The fourth-order valence-electron chi connectivity index (χ4n) is 4.75. The molecule has 1 amide bonds. The number of anilines is 1. The SMILES string of the molecule is CC(=O)N1CCc2cc(S(=O)(=O)N3CCC(N4CCCCC4)CC3)ccc21. The summed E-state index contributed by atoms with van der Waals surface area (Å²) in [6, 6.07) is 5.74. The van der Waals surface area contributed by atoms with Gasteiger partial charge in [-0.2, -0.15) is 4.31 Å². The van der Waals surface area contributed by atoms with Crippen LogP contribution in [0, 0.1) is 0 Å². The number of hydrogen-bond donors (Lipinski definition) is 0. The van der Waals surface area contributed by atoms with E-state index in [0.717, 1.165) is 43.6 Å². The molecule has 7 heteroatoms. The van der Waals surface area contributed by atoms with Crippen LogP contribution in [0.25, 0.3) is 0 Å². The zero-order chi connectivity index (χ0) is 19.0. The van der Waals surface area contributed by atoms with Gasteiger partial charge in [0.1, 0.15) is 0 Å². The van der Waals surface area contributed by atoms with Crippen molar-refractivity contribution in [3.8, 4) is 0 Å². The van der Waals surface area contributed by atoms with E-state index >= 15 is 0 Å². The first kappa shape index (κ1) is 18.9. The van der Waals surface area contributed by atoms with E-state index in [0.29, 0.717) is 30.6 Å². The molecule has 1 aromatic carbocycles. The minimum atomic E-state index is -3.46. The number of rotatable bonds is 3. The molecule has 0 N–H and O–H groups in total. The molecular weight excluding hydrogens is 362 g/mol. The van der Waals surface area contributed by atoms with Gasteiger partial charge in [0.15, 0.2) is 0 Å². The van der Waals surface area contributed by atoms with Gasteiger partial charge < -0.3 is 9.80 Å². The van der Waals surface area contributed by atoms with Crippen LogP contribution in [0.1, 0.15) is 44.6 Å². The molecule has 2 saturated heterocycles. The number of amides is 1. The van der Waals surface area contributed by atoms with Crippen molar-refractivity contribution in [3.63, 3.8) is 0 Å². The monoisotopic (exact) mass is 391 g/mol. The molecule has 0 bridgehead atoms. The summed E-state index contributed by atoms with van der Waals surface area (Å²) >= 11 is 0. The molecule has 0 spiro atoms. The highest BCUT2D eigenvalue weighted by Crippen LogP contribution is 2.32. The lowest BCUT2D eigenvalue weighted by Gasteiger charge is -2.39. The first-order valence-electron chi connectivity index (χ1n) is 10.1. The topological polar surface area (TPSA) is 60.9 Å². The number of benzene rings is 1. The van der Waals surface area contributed by atoms with Crippen molar-refractivity contribution >= 4 is 21.6 Å². The number of carbonyl (C=O) groups is 1. The summed E-state index contributed by atoms with van der Waals surface area (Å²) in [6.45, 7) is 5.70. The molecule has 0 atom stereocenters. The lowest BCUT2D eigenvalue weighted by Crippen LogP contribution is -2.48. The van der Waals surface area contributed by atoms with Crippen LogP contribution in [0.3, 0.4) is 0 Å². The largest absolute Gasteiger partial charge is 0.312 e. The Bertz CT molecular complexity index is 810. The van der Waals surface area contributed by atoms with E-state index in [4.69, 9.17) is 0 Å². The maximum Gasteiger partial charge on any atom is 0.243 e. The molecule has 0 saturated carbocycles. The van der Waals surface area contributed by atoms with Crippen molar-refractivity contribution < 1.29 is 13.2 Å². The second kappa shape index (κ2) is 7.53. The predicted molar refractivity (Wildman–Crippen MR) is 105 cm³/mol. The van der Waals surface area contributed by atoms with E-state index in [9.17, 15) is 13.2 Å². The third kappa shape index (κ3) is 3.65. The highest BCUT2D eigenvalue weighted by Gasteiger charge is 2.33. The molecule has 4 rings (SSSR count). The van der Waals surface area contributed by atoms with E-state index in [1.807, 2.05) is 0 Å². The summed E-state index contributed by atoms with van der Waals surface area (Å²) in [7, 11) is -3.46. The lowest BCUT2D eigenvalue weighted by molar-refractivity contribution is -0.116. The number of likely N-dealkylation sites (tertiary alicyclic amines) is 1. The van der Waals surface area contributed by atoms with Gasteiger partial charge in [0.2, 0.25) is 15.9 Å². The smallest absolute Gasteiger partial charge is 0.243 e. The number of piperidine rings is 2. The van der Waals surface area contributed by atoms with Gasteiger partial charge in [0.25, 0.3) is 0 Å². The fourth-order valence-corrected chi connectivity index (χ4v) is 6.27. The fraction of sp³-hybridized carbons (Fsp3) is 0.650. The maximum absolute atomic E-state index is 13.1. The van der Waals surface area contributed by atoms with E-state index in [1.54, 1.807) is 34.3 Å². The molecular formula is C20H29N3O3S. The average Bonchev–Trinajstić information content (AvgIpc) is 3.12. The van der Waals surface area contributed by atoms with Gasteiger partial charge in [-0.1, -0.05) is 6.42 Å². The standard InChI is InChI=1S/C20H29N3O3S/c1-16(24)23-14-7-17-15-19(5-6-20(17)23)27(25,26)22-12-8-18(9-13-22)21-10-3-2-4-11-21/h5-6,15,18H,2-4,7-14H2,1H3. The number of fused-ring (bicyclic) bond motifs is 1. The molecule has 3 heterocycles. The molecule has 6 nitrogen and oxygen atoms in total. The Hall–Kier alpha value is -1.44. The van der Waals surface area contributed by atoms with Gasteiger partial charge in [-0.05, 0) is 69.0 Å². The van der Waals surface area contributed by atoms with E-state index in [2.05, 4.69) is 4.90 Å². The Kier molecular flexibility index (Phi) is 5.27. The molecule has 3 aliphatic heterocycles. The minimum Gasteiger partial charge on any atom is -0.312 e. The van der Waals surface area contributed by atoms with Gasteiger partial charge in [-0.15, -0.1) is 0 Å². The van der Waals surface area contributed by atoms with Crippen LogP contribution < -0.4 is 4.90 Å². The Morgan fingerprint density at radius 3 is 2.37 bits per heavy atom. The van der Waals surface area contributed by atoms with E-state index in [1.165, 1.54) is 19.3 Å². The highest BCUT2D eigenvalue weighted by atomic mass is 32.2. The van der Waals surface area contributed by atoms with Crippen LogP contribution in [-0.2, 0) is 21.2 Å². The molecule has 148 valence electrons. The number of hydrogen-bond acceptors (Lipinski definition) is 4. The molecule has 3 aliphatic rings. The third-order valence-electron chi connectivity index (χ3n) is 6.29. The highest BCUT2D eigenvalue weighted by molar-refractivity contribution is 7.89. The summed E-state index contributed by atoms with van der Waals surface area (Å²) in [5.41, 5.74) is 1.81. The number of nitrogens with zero attached hydrogens (tertiary/aromatic N) is 3. The Morgan fingerprint density at radius 2 is 1.70 bits per heavy atom. The zero-order valence-corrected chi connectivity index (χ0v) is 16.9. The van der Waals surface area contributed by atoms with Crippen molar-refractivity contribution in [2.45, 2.75) is 56.4 Å². The third-order valence-corrected chi connectivity index (χ3v) is 8.19. The van der Waals surface area contributed by atoms with Crippen LogP contribution in [-0.4, -0.2) is 62.3 Å². The Balaban J connectivity index is 1.46. The van der Waals surface area contributed by atoms with Crippen LogP contribution in [0.15, 0.2) is 23.1 Å². The number of sulfonamides is 1. The quantitative estimate of drug-likeness (QED) is 0.793. The Morgan fingerprint density at radius 1 is 1.00 bits per heavy atom. The second-order valence-corrected chi connectivity index (χ2v) is 9.88. The van der Waals surface area contributed by atoms with E-state index in [-0.39, 0.29) is 5.91 Å². The molecule has 27 heavy (non-hydrogen) atoms. The van der Waals surface area contributed by atoms with Gasteiger partial charge in [0.05, 0.1) is 4.90 Å². The average molecular weight is 392 g/mol. The van der Waals surface area contributed by atoms with E-state index < -0.39 is 10.0 Å². The van der Waals surface area contributed by atoms with Crippen molar-refractivity contribution in [1.82, 2.24) is 9.21 Å². The summed E-state index contributed by atoms with van der Waals surface area (Å²) < 4.78 is 27.9. The van der Waals surface area contributed by atoms with Gasteiger partial charge in [-0.25, -0.2) is 8.42 Å². The van der Waals surface area contributed by atoms with Crippen molar-refractivity contribution in [2.75, 3.05) is 37.6 Å². The van der Waals surface area contributed by atoms with Gasteiger partial charge >= 0.3 is 0 Å². The summed E-state index contributed by atoms with van der Waals surface area (Å²) in [6.07, 6.45) is 6.42. The second-order valence-electron chi connectivity index (χ2n) is 7.94. The molecule has 0 aromatic heterocycles. The molecule has 1 aromatic rings. The van der Waals surface area contributed by atoms with Crippen molar-refractivity contribution in [2.24, 2.45) is 0 Å². The van der Waals surface area contributed by atoms with Crippen LogP contribution in [0.4, 0.5) is 5.69 Å². The van der Waals surface area contributed by atoms with Gasteiger partial charge in [-0.3, -0.25) is 4.79 Å². The minimum absolute atomic E-state index is 0.00384. The molecule has 0 unspecified atom stereocenters. The van der Waals surface area contributed by atoms with Crippen molar-refractivity contribution in [3.05, 3.63) is 23.8 Å². The summed E-state index contributed by atoms with van der Waals surface area (Å²) in [5.74, 6) is 0.00384. The first-order chi connectivity index (χ1) is 13.0. The maximum atomic E-state index is 13.1. The molecule has 0 aliphatic carbocycles. The van der Waals surface area contributed by atoms with Crippen LogP contribution in [0.5, 0.6) is 0 Å². The number of carbonyl (C=O) groups excluding carboxylic acids is 1. The summed E-state index contributed by atoms with van der Waals surface area (Å²) in [4.78, 5) is 16.3. The molecule has 2 fully saturated rings.